The van der Waals surface area contributed by atoms with Gasteiger partial charge in [-0.2, -0.15) is 0 Å². The number of benzene rings is 1. The molecule has 20 heavy (non-hydrogen) atoms. The van der Waals surface area contributed by atoms with E-state index in [1.165, 1.54) is 7.11 Å². The molecule has 1 N–H and O–H groups in total. The Morgan fingerprint density at radius 2 is 1.90 bits per heavy atom. The van der Waals surface area contributed by atoms with Crippen molar-refractivity contribution in [1.29, 1.82) is 0 Å². The Morgan fingerprint density at radius 3 is 2.35 bits per heavy atom. The molecule has 3 rings (SSSR count). The van der Waals surface area contributed by atoms with Crippen LogP contribution < -0.4 is 4.74 Å². The average Bonchev–Trinajstić information content (AvgIpc) is 3.18. The molecule has 2 fully saturated rings. The molecule has 1 aliphatic carbocycles. The van der Waals surface area contributed by atoms with Crippen molar-refractivity contribution in [2.45, 2.75) is 18.4 Å². The molecule has 6 heteroatoms. The zero-order valence-corrected chi connectivity index (χ0v) is 12.5. The van der Waals surface area contributed by atoms with Crippen LogP contribution >= 0.6 is 23.2 Å². The summed E-state index contributed by atoms with van der Waals surface area (Å²) in [5.74, 6) is 0.555. The predicted octanol–water partition coefficient (Wildman–Crippen LogP) is 2.60. The van der Waals surface area contributed by atoms with Gasteiger partial charge in [0.2, 0.25) is 0 Å². The Labute approximate surface area is 127 Å². The Kier molecular flexibility index (Phi) is 3.35. The van der Waals surface area contributed by atoms with Gasteiger partial charge in [0.1, 0.15) is 5.60 Å². The normalized spacial score (nSPS) is 20.5. The van der Waals surface area contributed by atoms with E-state index in [1.54, 1.807) is 17.0 Å². The first-order valence-corrected chi connectivity index (χ1v) is 7.25. The molecule has 1 saturated carbocycles. The molecule has 0 bridgehead atoms. The number of β-amino-alcohol motifs (C(OH)–C–C–N with tert-alkyl or cyclic N) is 1. The molecule has 1 saturated heterocycles. The van der Waals surface area contributed by atoms with Gasteiger partial charge in [-0.15, -0.1) is 0 Å². The molecule has 0 aromatic heterocycles. The Balaban J connectivity index is 1.75. The fourth-order valence-electron chi connectivity index (χ4n) is 2.70. The zero-order chi connectivity index (χ0) is 14.5. The van der Waals surface area contributed by atoms with E-state index in [4.69, 9.17) is 27.9 Å². The molecule has 1 amide bonds. The van der Waals surface area contributed by atoms with Crippen LogP contribution in [-0.2, 0) is 0 Å². The molecule has 1 aromatic carbocycles. The minimum Gasteiger partial charge on any atom is -0.494 e. The third-order valence-electron chi connectivity index (χ3n) is 4.00. The molecule has 4 nitrogen and oxygen atoms in total. The van der Waals surface area contributed by atoms with Crippen molar-refractivity contribution in [1.82, 2.24) is 4.90 Å². The summed E-state index contributed by atoms with van der Waals surface area (Å²) in [5, 5.41) is 10.9. The maximum absolute atomic E-state index is 12.3. The van der Waals surface area contributed by atoms with Crippen molar-refractivity contribution in [2.75, 3.05) is 20.2 Å². The maximum atomic E-state index is 12.3. The summed E-state index contributed by atoms with van der Waals surface area (Å²) in [7, 11) is 1.47. The molecular formula is C14H15Cl2NO3. The van der Waals surface area contributed by atoms with Crippen molar-refractivity contribution in [3.63, 3.8) is 0 Å². The van der Waals surface area contributed by atoms with Gasteiger partial charge in [-0.05, 0) is 30.9 Å². The number of halogens is 2. The molecule has 108 valence electrons. The molecular weight excluding hydrogens is 301 g/mol. The second-order valence-corrected chi connectivity index (χ2v) is 6.33. The van der Waals surface area contributed by atoms with Crippen LogP contribution in [0.15, 0.2) is 12.1 Å². The number of hydrogen-bond acceptors (Lipinski definition) is 3. The highest BCUT2D eigenvalue weighted by Gasteiger charge is 2.53. The van der Waals surface area contributed by atoms with E-state index in [1.807, 2.05) is 0 Å². The van der Waals surface area contributed by atoms with E-state index < -0.39 is 5.60 Å². The minimum atomic E-state index is -0.685. The van der Waals surface area contributed by atoms with E-state index in [9.17, 15) is 9.90 Å². The van der Waals surface area contributed by atoms with Crippen LogP contribution in [-0.4, -0.2) is 41.7 Å². The number of nitrogens with zero attached hydrogens (tertiary/aromatic N) is 1. The third kappa shape index (κ3) is 2.26. The highest BCUT2D eigenvalue weighted by atomic mass is 35.5. The lowest BCUT2D eigenvalue weighted by molar-refractivity contribution is -0.0958. The number of aliphatic hydroxyl groups is 1. The van der Waals surface area contributed by atoms with E-state index in [0.717, 1.165) is 12.8 Å². The van der Waals surface area contributed by atoms with Gasteiger partial charge in [-0.3, -0.25) is 4.79 Å². The van der Waals surface area contributed by atoms with E-state index in [-0.39, 0.29) is 5.91 Å². The van der Waals surface area contributed by atoms with Crippen LogP contribution in [0.1, 0.15) is 23.2 Å². The second-order valence-electron chi connectivity index (χ2n) is 5.51. The smallest absolute Gasteiger partial charge is 0.254 e. The lowest BCUT2D eigenvalue weighted by Crippen LogP contribution is -2.64. The fourth-order valence-corrected chi connectivity index (χ4v) is 3.34. The van der Waals surface area contributed by atoms with Crippen molar-refractivity contribution in [3.05, 3.63) is 27.7 Å². The first kappa shape index (κ1) is 14.0. The van der Waals surface area contributed by atoms with Crippen LogP contribution in [0.4, 0.5) is 0 Å². The van der Waals surface area contributed by atoms with Gasteiger partial charge in [0.05, 0.1) is 30.2 Å². The number of hydrogen-bond donors (Lipinski definition) is 1. The molecule has 0 atom stereocenters. The number of ether oxygens (including phenoxy) is 1. The van der Waals surface area contributed by atoms with Crippen molar-refractivity contribution in [3.8, 4) is 5.75 Å². The summed E-state index contributed by atoms with van der Waals surface area (Å²) in [5.41, 5.74) is -0.269. The molecule has 0 radical (unpaired) electrons. The molecule has 1 heterocycles. The van der Waals surface area contributed by atoms with Crippen molar-refractivity contribution in [2.24, 2.45) is 5.92 Å². The molecule has 2 aliphatic rings. The van der Waals surface area contributed by atoms with Gasteiger partial charge in [-0.1, -0.05) is 23.2 Å². The summed E-state index contributed by atoms with van der Waals surface area (Å²) >= 11 is 12.1. The zero-order valence-electron chi connectivity index (χ0n) is 11.0. The maximum Gasteiger partial charge on any atom is 0.254 e. The van der Waals surface area contributed by atoms with Gasteiger partial charge in [-0.25, -0.2) is 0 Å². The average molecular weight is 316 g/mol. The van der Waals surface area contributed by atoms with Crippen molar-refractivity contribution >= 4 is 29.1 Å². The largest absolute Gasteiger partial charge is 0.494 e. The van der Waals surface area contributed by atoms with Gasteiger partial charge < -0.3 is 14.7 Å². The SMILES string of the molecule is COc1c(Cl)cc(C(=O)N2CC(O)(C3CC3)C2)cc1Cl. The van der Waals surface area contributed by atoms with Crippen LogP contribution in [0.5, 0.6) is 5.75 Å². The number of carbonyl (C=O) groups excluding carboxylic acids is 1. The van der Waals surface area contributed by atoms with Crippen LogP contribution in [0.3, 0.4) is 0 Å². The third-order valence-corrected chi connectivity index (χ3v) is 4.56. The number of likely N-dealkylation sites (tertiary alicyclic amines) is 1. The summed E-state index contributed by atoms with van der Waals surface area (Å²) in [6.07, 6.45) is 2.11. The lowest BCUT2D eigenvalue weighted by atomic mass is 9.88. The highest BCUT2D eigenvalue weighted by Crippen LogP contribution is 2.45. The molecule has 1 aromatic rings. The van der Waals surface area contributed by atoms with Crippen molar-refractivity contribution < 1.29 is 14.6 Å². The van der Waals surface area contributed by atoms with Crippen LogP contribution in [0, 0.1) is 5.92 Å². The highest BCUT2D eigenvalue weighted by molar-refractivity contribution is 6.37. The number of carbonyl (C=O) groups is 1. The monoisotopic (exact) mass is 315 g/mol. The van der Waals surface area contributed by atoms with Crippen LogP contribution in [0.25, 0.3) is 0 Å². The minimum absolute atomic E-state index is 0.165. The fraction of sp³-hybridized carbons (Fsp3) is 0.500. The van der Waals surface area contributed by atoms with E-state index in [0.29, 0.717) is 40.4 Å². The first-order valence-electron chi connectivity index (χ1n) is 6.49. The van der Waals surface area contributed by atoms with Gasteiger partial charge in [0.25, 0.3) is 5.91 Å². The number of amides is 1. The van der Waals surface area contributed by atoms with Gasteiger partial charge in [0.15, 0.2) is 5.75 Å². The summed E-state index contributed by atoms with van der Waals surface area (Å²) in [6, 6.07) is 3.09. The van der Waals surface area contributed by atoms with Crippen LogP contribution in [0.2, 0.25) is 10.0 Å². The summed E-state index contributed by atoms with van der Waals surface area (Å²) in [4.78, 5) is 13.9. The summed E-state index contributed by atoms with van der Waals surface area (Å²) in [6.45, 7) is 0.773. The lowest BCUT2D eigenvalue weighted by Gasteiger charge is -2.47. The molecule has 0 spiro atoms. The standard InChI is InChI=1S/C14H15Cl2NO3/c1-20-12-10(15)4-8(5-11(12)16)13(18)17-6-14(19,7-17)9-2-3-9/h4-5,9,19H,2-3,6-7H2,1H3. The molecule has 1 aliphatic heterocycles. The first-order chi connectivity index (χ1) is 9.44. The number of methoxy groups -OCH3 is 1. The quantitative estimate of drug-likeness (QED) is 0.932. The molecule has 0 unspecified atom stereocenters. The van der Waals surface area contributed by atoms with Gasteiger partial charge >= 0.3 is 0 Å². The van der Waals surface area contributed by atoms with Gasteiger partial charge in [0, 0.05) is 5.56 Å². The number of rotatable bonds is 3. The Bertz CT molecular complexity index is 543. The Morgan fingerprint density at radius 1 is 1.35 bits per heavy atom. The Hall–Kier alpha value is -0.970. The second kappa shape index (κ2) is 4.79. The van der Waals surface area contributed by atoms with E-state index >= 15 is 0 Å². The summed E-state index contributed by atoms with van der Waals surface area (Å²) < 4.78 is 5.06. The van der Waals surface area contributed by atoms with E-state index in [2.05, 4.69) is 0 Å². The predicted molar refractivity (Wildman–Crippen MR) is 76.6 cm³/mol. The topological polar surface area (TPSA) is 49.8 Å².